The largest absolute Gasteiger partial charge is 0.396 e. The van der Waals surface area contributed by atoms with Gasteiger partial charge in [0.2, 0.25) is 0 Å². The Labute approximate surface area is 180 Å². The zero-order valence-electron chi connectivity index (χ0n) is 17.9. The Morgan fingerprint density at radius 1 is 1.10 bits per heavy atom. The molecule has 0 unspecified atom stereocenters. The Morgan fingerprint density at radius 2 is 1.77 bits per heavy atom. The number of aryl methyl sites for hydroxylation is 1. The summed E-state index contributed by atoms with van der Waals surface area (Å²) < 4.78 is 4.65. The molecular weight excluding hydrogens is 402 g/mol. The number of aliphatic hydroxyl groups is 1. The molecule has 160 valence electrons. The van der Waals surface area contributed by atoms with Crippen LogP contribution < -0.4 is 11.2 Å². The molecule has 0 atom stereocenters. The van der Waals surface area contributed by atoms with Crippen molar-refractivity contribution in [3.63, 3.8) is 0 Å². The number of rotatable bonds is 6. The lowest BCUT2D eigenvalue weighted by atomic mass is 9.96. The van der Waals surface area contributed by atoms with Crippen LogP contribution in [0.4, 0.5) is 0 Å². The van der Waals surface area contributed by atoms with Gasteiger partial charge in [0.15, 0.2) is 0 Å². The number of halogens is 1. The summed E-state index contributed by atoms with van der Waals surface area (Å²) in [7, 11) is 1.67. The van der Waals surface area contributed by atoms with Crippen molar-refractivity contribution < 1.29 is 5.11 Å². The number of hydrogen-bond donors (Lipinski definition) is 1. The van der Waals surface area contributed by atoms with Gasteiger partial charge in [0, 0.05) is 37.5 Å². The topological polar surface area (TPSA) is 69.2 Å². The second-order valence-electron chi connectivity index (χ2n) is 8.59. The molecule has 30 heavy (non-hydrogen) atoms. The molecule has 0 radical (unpaired) electrons. The number of hydrogen-bond acceptors (Lipinski definition) is 3. The van der Waals surface area contributed by atoms with Crippen molar-refractivity contribution >= 4 is 28.7 Å². The molecule has 0 saturated heterocycles. The van der Waals surface area contributed by atoms with Crippen molar-refractivity contribution in [1.82, 2.24) is 13.7 Å². The van der Waals surface area contributed by atoms with Crippen LogP contribution in [0.15, 0.2) is 46.0 Å². The van der Waals surface area contributed by atoms with Gasteiger partial charge < -0.3 is 9.67 Å². The van der Waals surface area contributed by atoms with E-state index in [1.807, 2.05) is 41.0 Å². The van der Waals surface area contributed by atoms with E-state index in [4.69, 9.17) is 16.7 Å². The van der Waals surface area contributed by atoms with Crippen molar-refractivity contribution in [2.24, 2.45) is 12.5 Å². The molecule has 7 heteroatoms. The van der Waals surface area contributed by atoms with Gasteiger partial charge in [0.25, 0.3) is 5.56 Å². The Kier molecular flexibility index (Phi) is 6.38. The van der Waals surface area contributed by atoms with E-state index in [1.165, 1.54) is 9.13 Å². The highest BCUT2D eigenvalue weighted by molar-refractivity contribution is 6.30. The van der Waals surface area contributed by atoms with Gasteiger partial charge in [-0.25, -0.2) is 4.79 Å². The molecule has 0 saturated carbocycles. The minimum atomic E-state index is -0.379. The highest BCUT2D eigenvalue weighted by atomic mass is 35.5. The van der Waals surface area contributed by atoms with Crippen LogP contribution in [0.2, 0.25) is 5.02 Å². The maximum absolute atomic E-state index is 13.3. The number of aliphatic hydroxyl groups excluding tert-OH is 1. The van der Waals surface area contributed by atoms with Crippen molar-refractivity contribution in [2.75, 3.05) is 6.61 Å². The van der Waals surface area contributed by atoms with Crippen LogP contribution in [0, 0.1) is 5.41 Å². The lowest BCUT2D eigenvalue weighted by Crippen LogP contribution is -2.39. The number of benzene rings is 1. The molecule has 1 N–H and O–H groups in total. The first-order valence-corrected chi connectivity index (χ1v) is 10.4. The number of fused-ring (bicyclic) bond motifs is 1. The zero-order chi connectivity index (χ0) is 22.1. The summed E-state index contributed by atoms with van der Waals surface area (Å²) in [6.45, 7) is 6.88. The molecule has 0 bridgehead atoms. The van der Waals surface area contributed by atoms with Gasteiger partial charge in [0.05, 0.1) is 5.52 Å². The fraction of sp³-hybridized carbons (Fsp3) is 0.391. The van der Waals surface area contributed by atoms with E-state index in [2.05, 4.69) is 26.8 Å². The van der Waals surface area contributed by atoms with Crippen molar-refractivity contribution in [2.45, 2.75) is 40.3 Å². The fourth-order valence-corrected chi connectivity index (χ4v) is 3.50. The van der Waals surface area contributed by atoms with Gasteiger partial charge >= 0.3 is 5.69 Å². The molecule has 0 fully saturated rings. The van der Waals surface area contributed by atoms with Crippen LogP contribution in [-0.2, 0) is 20.1 Å². The van der Waals surface area contributed by atoms with Crippen molar-refractivity contribution in [1.29, 1.82) is 0 Å². The van der Waals surface area contributed by atoms with Crippen molar-refractivity contribution in [3.05, 3.63) is 73.5 Å². The van der Waals surface area contributed by atoms with E-state index < -0.39 is 0 Å². The van der Waals surface area contributed by atoms with Gasteiger partial charge in [-0.3, -0.25) is 13.9 Å². The number of aromatic nitrogens is 3. The SMILES string of the molecule is Cn1c(=O)n(CCCO)c(=O)c2c1cc(/C=C/C(C)(C)C)n2Cc1ccc(Cl)cc1. The molecule has 3 rings (SSSR count). The molecule has 2 aromatic heterocycles. The number of allylic oxidation sites excluding steroid dienone is 1. The lowest BCUT2D eigenvalue weighted by molar-refractivity contribution is 0.277. The molecule has 0 aliphatic heterocycles. The molecule has 0 spiro atoms. The highest BCUT2D eigenvalue weighted by Gasteiger charge is 2.18. The maximum atomic E-state index is 13.3. The van der Waals surface area contributed by atoms with E-state index in [1.54, 1.807) is 7.05 Å². The Morgan fingerprint density at radius 3 is 2.37 bits per heavy atom. The molecule has 6 nitrogen and oxygen atoms in total. The normalized spacial score (nSPS) is 12.3. The Bertz CT molecular complexity index is 1190. The molecule has 0 amide bonds. The van der Waals surface area contributed by atoms with Crippen molar-refractivity contribution in [3.8, 4) is 0 Å². The first kappa shape index (κ1) is 22.1. The van der Waals surface area contributed by atoms with Gasteiger partial charge in [-0.2, -0.15) is 0 Å². The van der Waals surface area contributed by atoms with Crippen LogP contribution in [0.25, 0.3) is 17.1 Å². The predicted molar refractivity (Wildman–Crippen MR) is 122 cm³/mol. The average Bonchev–Trinajstić information content (AvgIpc) is 3.04. The predicted octanol–water partition coefficient (Wildman–Crippen LogP) is 3.65. The van der Waals surface area contributed by atoms with Gasteiger partial charge in [-0.1, -0.05) is 50.6 Å². The Hall–Kier alpha value is -2.57. The van der Waals surface area contributed by atoms with Crippen LogP contribution in [-0.4, -0.2) is 25.4 Å². The van der Waals surface area contributed by atoms with E-state index in [0.717, 1.165) is 11.3 Å². The molecule has 0 aliphatic carbocycles. The van der Waals surface area contributed by atoms with Crippen LogP contribution in [0.5, 0.6) is 0 Å². The summed E-state index contributed by atoms with van der Waals surface area (Å²) in [5.74, 6) is 0. The third kappa shape index (κ3) is 4.60. The number of nitrogens with zero attached hydrogens (tertiary/aromatic N) is 3. The quantitative estimate of drug-likeness (QED) is 0.650. The van der Waals surface area contributed by atoms with Crippen LogP contribution >= 0.6 is 11.6 Å². The second kappa shape index (κ2) is 8.66. The van der Waals surface area contributed by atoms with Crippen LogP contribution in [0.3, 0.4) is 0 Å². The highest BCUT2D eigenvalue weighted by Crippen LogP contribution is 2.23. The minimum absolute atomic E-state index is 0.0330. The summed E-state index contributed by atoms with van der Waals surface area (Å²) in [5, 5.41) is 9.82. The van der Waals surface area contributed by atoms with E-state index in [0.29, 0.717) is 29.0 Å². The first-order valence-electron chi connectivity index (χ1n) is 10.00. The Balaban J connectivity index is 2.28. The molecule has 0 aliphatic rings. The van der Waals surface area contributed by atoms with E-state index >= 15 is 0 Å². The summed E-state index contributed by atoms with van der Waals surface area (Å²) >= 11 is 6.02. The van der Waals surface area contributed by atoms with Crippen LogP contribution in [0.1, 0.15) is 38.4 Å². The molecule has 2 heterocycles. The van der Waals surface area contributed by atoms with Gasteiger partial charge in [-0.15, -0.1) is 0 Å². The second-order valence-corrected chi connectivity index (χ2v) is 9.03. The van der Waals surface area contributed by atoms with Gasteiger partial charge in [0.1, 0.15) is 5.52 Å². The summed E-state index contributed by atoms with van der Waals surface area (Å²) in [4.78, 5) is 26.0. The summed E-state index contributed by atoms with van der Waals surface area (Å²) in [5.41, 5.74) is 2.15. The maximum Gasteiger partial charge on any atom is 0.331 e. The summed E-state index contributed by atoms with van der Waals surface area (Å²) in [6.07, 6.45) is 4.43. The standard InChI is InChI=1S/C23H28ClN3O3/c1-23(2,3)11-10-18-14-19-20(27(18)15-16-6-8-17(24)9-7-16)21(29)26(12-5-13-28)22(30)25(19)4/h6-11,14,28H,5,12-13,15H2,1-4H3/b11-10+. The lowest BCUT2D eigenvalue weighted by Gasteiger charge is -2.13. The summed E-state index contributed by atoms with van der Waals surface area (Å²) in [6, 6.07) is 9.38. The molecule has 1 aromatic carbocycles. The smallest absolute Gasteiger partial charge is 0.331 e. The molecule has 3 aromatic rings. The third-order valence-corrected chi connectivity index (χ3v) is 5.24. The fourth-order valence-electron chi connectivity index (χ4n) is 3.38. The zero-order valence-corrected chi connectivity index (χ0v) is 18.6. The minimum Gasteiger partial charge on any atom is -0.396 e. The average molecular weight is 430 g/mol. The van der Waals surface area contributed by atoms with Gasteiger partial charge in [-0.05, 0) is 41.7 Å². The van der Waals surface area contributed by atoms with E-state index in [-0.39, 0.29) is 29.8 Å². The first-order chi connectivity index (χ1) is 14.1. The third-order valence-electron chi connectivity index (χ3n) is 4.98. The molecular formula is C23H28ClN3O3. The van der Waals surface area contributed by atoms with E-state index in [9.17, 15) is 9.59 Å². The monoisotopic (exact) mass is 429 g/mol.